The van der Waals surface area contributed by atoms with Crippen LogP contribution in [0.1, 0.15) is 59.8 Å². The highest BCUT2D eigenvalue weighted by Gasteiger charge is 1.97. The van der Waals surface area contributed by atoms with E-state index >= 15 is 0 Å². The molecule has 72 valence electrons. The van der Waals surface area contributed by atoms with Gasteiger partial charge in [-0.05, 0) is 25.2 Å². The third-order valence-electron chi connectivity index (χ3n) is 1.99. The maximum atomic E-state index is 2.44. The van der Waals surface area contributed by atoms with Crippen LogP contribution in [0.5, 0.6) is 0 Å². The lowest BCUT2D eigenvalue weighted by atomic mass is 10.0. The van der Waals surface area contributed by atoms with Crippen molar-refractivity contribution in [2.24, 2.45) is 5.92 Å². The first kappa shape index (κ1) is 11.7. The van der Waals surface area contributed by atoms with Gasteiger partial charge in [-0.2, -0.15) is 0 Å². The van der Waals surface area contributed by atoms with E-state index in [0.717, 1.165) is 5.92 Å². The van der Waals surface area contributed by atoms with Crippen molar-refractivity contribution in [3.05, 3.63) is 11.6 Å². The second-order valence-corrected chi connectivity index (χ2v) is 3.92. The van der Waals surface area contributed by atoms with E-state index in [0.29, 0.717) is 0 Å². The largest absolute Gasteiger partial charge is 0.0828 e. The zero-order valence-corrected chi connectivity index (χ0v) is 9.19. The van der Waals surface area contributed by atoms with Crippen molar-refractivity contribution < 1.29 is 0 Å². The lowest BCUT2D eigenvalue weighted by Gasteiger charge is -2.06. The van der Waals surface area contributed by atoms with Gasteiger partial charge in [-0.25, -0.2) is 0 Å². The molecule has 12 heavy (non-hydrogen) atoms. The standard InChI is InChI=1S/C12H24/c1-5-7-9-12(8-6-2)10-11(3)4/h10-11H,5-9H2,1-4H3. The van der Waals surface area contributed by atoms with Gasteiger partial charge < -0.3 is 0 Å². The molecule has 0 heteroatoms. The molecule has 0 nitrogen and oxygen atoms in total. The van der Waals surface area contributed by atoms with Gasteiger partial charge in [0.1, 0.15) is 0 Å². The van der Waals surface area contributed by atoms with Crippen LogP contribution in [-0.4, -0.2) is 0 Å². The van der Waals surface area contributed by atoms with E-state index in [1.165, 1.54) is 32.1 Å². The quantitative estimate of drug-likeness (QED) is 0.510. The Labute approximate surface area is 78.1 Å². The van der Waals surface area contributed by atoms with Gasteiger partial charge >= 0.3 is 0 Å². The summed E-state index contributed by atoms with van der Waals surface area (Å²) in [5.41, 5.74) is 1.68. The molecule has 0 aliphatic carbocycles. The van der Waals surface area contributed by atoms with Crippen LogP contribution in [0.15, 0.2) is 11.6 Å². The lowest BCUT2D eigenvalue weighted by molar-refractivity contribution is 0.718. The molecule has 0 saturated carbocycles. The monoisotopic (exact) mass is 168 g/mol. The minimum Gasteiger partial charge on any atom is -0.0828 e. The molecule has 0 aliphatic heterocycles. The summed E-state index contributed by atoms with van der Waals surface area (Å²) >= 11 is 0. The van der Waals surface area contributed by atoms with Gasteiger partial charge in [-0.3, -0.25) is 0 Å². The molecular formula is C12H24. The second-order valence-electron chi connectivity index (χ2n) is 3.92. The molecule has 0 amide bonds. The molecule has 0 rings (SSSR count). The fraction of sp³-hybridized carbons (Fsp3) is 0.833. The van der Waals surface area contributed by atoms with Crippen LogP contribution in [0.3, 0.4) is 0 Å². The van der Waals surface area contributed by atoms with E-state index in [2.05, 4.69) is 33.8 Å². The Morgan fingerprint density at radius 1 is 1.08 bits per heavy atom. The topological polar surface area (TPSA) is 0 Å². The van der Waals surface area contributed by atoms with Gasteiger partial charge in [0.2, 0.25) is 0 Å². The molecule has 0 radical (unpaired) electrons. The van der Waals surface area contributed by atoms with Gasteiger partial charge in [0.15, 0.2) is 0 Å². The Kier molecular flexibility index (Phi) is 7.23. The zero-order chi connectivity index (χ0) is 9.40. The van der Waals surface area contributed by atoms with Gasteiger partial charge in [0.25, 0.3) is 0 Å². The molecular weight excluding hydrogens is 144 g/mol. The number of allylic oxidation sites excluding steroid dienone is 2. The molecule has 0 saturated heterocycles. The third kappa shape index (κ3) is 6.45. The van der Waals surface area contributed by atoms with Crippen molar-refractivity contribution in [3.8, 4) is 0 Å². The maximum absolute atomic E-state index is 2.44. The summed E-state index contributed by atoms with van der Waals surface area (Å²) in [5.74, 6) is 0.725. The summed E-state index contributed by atoms with van der Waals surface area (Å²) in [6, 6.07) is 0. The molecule has 0 aromatic heterocycles. The van der Waals surface area contributed by atoms with Crippen LogP contribution >= 0.6 is 0 Å². The molecule has 0 aliphatic rings. The van der Waals surface area contributed by atoms with E-state index in [4.69, 9.17) is 0 Å². The van der Waals surface area contributed by atoms with Crippen LogP contribution < -0.4 is 0 Å². The SMILES string of the molecule is CCCCC(=CC(C)C)CCC. The average molecular weight is 168 g/mol. The summed E-state index contributed by atoms with van der Waals surface area (Å²) < 4.78 is 0. The number of hydrogen-bond acceptors (Lipinski definition) is 0. The van der Waals surface area contributed by atoms with E-state index in [1.54, 1.807) is 5.57 Å². The van der Waals surface area contributed by atoms with Crippen LogP contribution in [0.2, 0.25) is 0 Å². The molecule has 0 aromatic carbocycles. The Hall–Kier alpha value is -0.260. The smallest absolute Gasteiger partial charge is 0.0288 e. The van der Waals surface area contributed by atoms with Crippen molar-refractivity contribution in [3.63, 3.8) is 0 Å². The Morgan fingerprint density at radius 3 is 2.17 bits per heavy atom. The third-order valence-corrected chi connectivity index (χ3v) is 1.99. The van der Waals surface area contributed by atoms with E-state index < -0.39 is 0 Å². The van der Waals surface area contributed by atoms with Crippen molar-refractivity contribution in [1.29, 1.82) is 0 Å². The highest BCUT2D eigenvalue weighted by molar-refractivity contribution is 5.03. The fourth-order valence-corrected chi connectivity index (χ4v) is 1.49. The summed E-state index contributed by atoms with van der Waals surface area (Å²) in [4.78, 5) is 0. The first-order valence-corrected chi connectivity index (χ1v) is 5.40. The van der Waals surface area contributed by atoms with Gasteiger partial charge in [0.05, 0.1) is 0 Å². The maximum Gasteiger partial charge on any atom is -0.0288 e. The normalized spacial score (nSPS) is 12.6. The molecule has 0 fully saturated rings. The van der Waals surface area contributed by atoms with Crippen LogP contribution in [0, 0.1) is 5.92 Å². The summed E-state index contributed by atoms with van der Waals surface area (Å²) in [5, 5.41) is 0. The predicted octanol–water partition coefficient (Wildman–Crippen LogP) is 4.56. The molecule has 0 aromatic rings. The van der Waals surface area contributed by atoms with E-state index in [9.17, 15) is 0 Å². The molecule has 0 atom stereocenters. The molecule has 0 heterocycles. The van der Waals surface area contributed by atoms with Crippen LogP contribution in [0.4, 0.5) is 0 Å². The Bertz CT molecular complexity index is 120. The summed E-state index contributed by atoms with van der Waals surface area (Å²) in [6.07, 6.45) is 9.04. The van der Waals surface area contributed by atoms with E-state index in [1.807, 2.05) is 0 Å². The minimum absolute atomic E-state index is 0.725. The number of rotatable bonds is 6. The fourth-order valence-electron chi connectivity index (χ4n) is 1.49. The average Bonchev–Trinajstić information content (AvgIpc) is 2.00. The van der Waals surface area contributed by atoms with Crippen LogP contribution in [-0.2, 0) is 0 Å². The lowest BCUT2D eigenvalue weighted by Crippen LogP contribution is -1.88. The zero-order valence-electron chi connectivity index (χ0n) is 9.19. The predicted molar refractivity (Wildman–Crippen MR) is 57.4 cm³/mol. The van der Waals surface area contributed by atoms with Crippen molar-refractivity contribution in [2.75, 3.05) is 0 Å². The number of unbranched alkanes of at least 4 members (excludes halogenated alkanes) is 1. The van der Waals surface area contributed by atoms with Crippen molar-refractivity contribution >= 4 is 0 Å². The first-order chi connectivity index (χ1) is 5.70. The van der Waals surface area contributed by atoms with Gasteiger partial charge in [0, 0.05) is 0 Å². The van der Waals surface area contributed by atoms with Gasteiger partial charge in [-0.15, -0.1) is 0 Å². The first-order valence-electron chi connectivity index (χ1n) is 5.40. The van der Waals surface area contributed by atoms with Crippen LogP contribution in [0.25, 0.3) is 0 Å². The Balaban J connectivity index is 3.85. The number of hydrogen-bond donors (Lipinski definition) is 0. The van der Waals surface area contributed by atoms with Crippen molar-refractivity contribution in [1.82, 2.24) is 0 Å². The minimum atomic E-state index is 0.725. The van der Waals surface area contributed by atoms with Gasteiger partial charge in [-0.1, -0.05) is 52.2 Å². The second kappa shape index (κ2) is 7.39. The Morgan fingerprint density at radius 2 is 1.75 bits per heavy atom. The van der Waals surface area contributed by atoms with Crippen molar-refractivity contribution in [2.45, 2.75) is 59.8 Å². The highest BCUT2D eigenvalue weighted by atomic mass is 14.0. The summed E-state index contributed by atoms with van der Waals surface area (Å²) in [6.45, 7) is 9.06. The highest BCUT2D eigenvalue weighted by Crippen LogP contribution is 2.15. The van der Waals surface area contributed by atoms with E-state index in [-0.39, 0.29) is 0 Å². The summed E-state index contributed by atoms with van der Waals surface area (Å²) in [7, 11) is 0. The molecule has 0 bridgehead atoms. The molecule has 0 unspecified atom stereocenters. The molecule has 0 spiro atoms. The molecule has 0 N–H and O–H groups in total.